The summed E-state index contributed by atoms with van der Waals surface area (Å²) in [6.07, 6.45) is 17.1. The summed E-state index contributed by atoms with van der Waals surface area (Å²) in [5.41, 5.74) is 10.6. The van der Waals surface area contributed by atoms with Crippen LogP contribution in [0.5, 0.6) is 0 Å². The number of hydrogen-bond acceptors (Lipinski definition) is 6. The minimum Gasteiger partial charge on any atom is -0.380 e. The molecule has 4 aromatic heterocycles. The lowest BCUT2D eigenvalue weighted by Gasteiger charge is -2.19. The number of nitrogens with one attached hydrogen (secondary N) is 1. The smallest absolute Gasteiger partial charge is 0.0971 e. The second kappa shape index (κ2) is 10.0. The van der Waals surface area contributed by atoms with Crippen molar-refractivity contribution in [2.24, 2.45) is 0 Å². The summed E-state index contributed by atoms with van der Waals surface area (Å²) in [6.45, 7) is 0.753. The van der Waals surface area contributed by atoms with Gasteiger partial charge in [-0.05, 0) is 81.6 Å². The van der Waals surface area contributed by atoms with Gasteiger partial charge < -0.3 is 5.32 Å². The molecule has 0 unspecified atom stereocenters. The van der Waals surface area contributed by atoms with Gasteiger partial charge >= 0.3 is 0 Å². The Balaban J connectivity index is 1.26. The van der Waals surface area contributed by atoms with Crippen LogP contribution in [0.3, 0.4) is 0 Å². The van der Waals surface area contributed by atoms with Crippen molar-refractivity contribution in [2.45, 2.75) is 0 Å². The van der Waals surface area contributed by atoms with Gasteiger partial charge in [0.1, 0.15) is 0 Å². The average molecular weight is 541 g/mol. The zero-order valence-corrected chi connectivity index (χ0v) is 22.6. The molecule has 6 nitrogen and oxygen atoms in total. The molecule has 5 heterocycles. The first-order valence-corrected chi connectivity index (χ1v) is 13.8. The molecular formula is C36H24N6. The number of allylic oxidation sites excluding steroid dienone is 2. The normalized spacial score (nSPS) is 13.1. The van der Waals surface area contributed by atoms with Crippen molar-refractivity contribution in [3.05, 3.63) is 139 Å². The van der Waals surface area contributed by atoms with E-state index in [1.165, 1.54) is 11.1 Å². The van der Waals surface area contributed by atoms with Crippen molar-refractivity contribution in [3.63, 3.8) is 0 Å². The lowest BCUT2D eigenvalue weighted by Crippen LogP contribution is -2.18. The van der Waals surface area contributed by atoms with Crippen LogP contribution >= 0.6 is 0 Å². The van der Waals surface area contributed by atoms with E-state index < -0.39 is 0 Å². The first-order valence-electron chi connectivity index (χ1n) is 13.8. The second-order valence-electron chi connectivity index (χ2n) is 10.3. The van der Waals surface area contributed by atoms with Gasteiger partial charge in [0.2, 0.25) is 0 Å². The maximum Gasteiger partial charge on any atom is 0.0971 e. The first kappa shape index (κ1) is 24.1. The number of aromatic nitrogens is 5. The molecule has 198 valence electrons. The van der Waals surface area contributed by atoms with Gasteiger partial charge in [-0.1, -0.05) is 36.4 Å². The maximum absolute atomic E-state index is 4.82. The summed E-state index contributed by atoms with van der Waals surface area (Å²) < 4.78 is 0. The van der Waals surface area contributed by atoms with Gasteiger partial charge in [0.15, 0.2) is 0 Å². The zero-order valence-electron chi connectivity index (χ0n) is 22.6. The van der Waals surface area contributed by atoms with Crippen molar-refractivity contribution in [1.29, 1.82) is 0 Å². The fourth-order valence-electron chi connectivity index (χ4n) is 5.74. The fraction of sp³-hybridized carbons (Fsp3) is 0.0278. The largest absolute Gasteiger partial charge is 0.380 e. The molecule has 0 fully saturated rings. The van der Waals surface area contributed by atoms with E-state index in [1.807, 2.05) is 42.9 Å². The average Bonchev–Trinajstić information content (AvgIpc) is 3.09. The quantitative estimate of drug-likeness (QED) is 0.233. The van der Waals surface area contributed by atoms with Crippen LogP contribution in [0.2, 0.25) is 0 Å². The fourth-order valence-corrected chi connectivity index (χ4v) is 5.74. The molecule has 0 radical (unpaired) electrons. The predicted molar refractivity (Wildman–Crippen MR) is 169 cm³/mol. The predicted octanol–water partition coefficient (Wildman–Crippen LogP) is 7.48. The standard InChI is InChI=1S/C36H24N6/c1-5-29-31(19-25(1)33-7-3-27(21-41-33)23-9-13-37-14-10-23)32-20-26(2-6-30(32)36-35(29)39-17-18-40-36)34-8-4-28(22-42-34)24-11-15-38-16-12-24/h1-21,42H,22H2. The summed E-state index contributed by atoms with van der Waals surface area (Å²) in [7, 11) is 0. The van der Waals surface area contributed by atoms with E-state index in [0.717, 1.165) is 72.8 Å². The minimum absolute atomic E-state index is 0.753. The SMILES string of the molecule is C1=C(c2ccncc2)CNC(c2ccc3c(c2)c2cc(-c4ccc(-c5ccncc5)cn4)ccc2c2nccnc32)=C1. The molecule has 0 amide bonds. The number of hydrogen-bond donors (Lipinski definition) is 1. The Morgan fingerprint density at radius 1 is 0.476 bits per heavy atom. The van der Waals surface area contributed by atoms with Crippen LogP contribution in [-0.4, -0.2) is 31.5 Å². The molecule has 0 bridgehead atoms. The zero-order chi connectivity index (χ0) is 27.9. The molecule has 0 spiro atoms. The third kappa shape index (κ3) is 4.17. The van der Waals surface area contributed by atoms with E-state index in [-0.39, 0.29) is 0 Å². The van der Waals surface area contributed by atoms with Crippen molar-refractivity contribution in [1.82, 2.24) is 30.2 Å². The Labute approximate surface area is 242 Å². The van der Waals surface area contributed by atoms with Gasteiger partial charge in [-0.2, -0.15) is 0 Å². The second-order valence-corrected chi connectivity index (χ2v) is 10.3. The summed E-state index contributed by atoms with van der Waals surface area (Å²) >= 11 is 0. The monoisotopic (exact) mass is 540 g/mol. The summed E-state index contributed by atoms with van der Waals surface area (Å²) in [6, 6.07) is 25.4. The minimum atomic E-state index is 0.753. The van der Waals surface area contributed by atoms with Crippen LogP contribution in [0.4, 0.5) is 0 Å². The van der Waals surface area contributed by atoms with Crippen molar-refractivity contribution in [3.8, 4) is 22.4 Å². The van der Waals surface area contributed by atoms with Crippen molar-refractivity contribution in [2.75, 3.05) is 6.54 Å². The molecule has 1 aliphatic rings. The van der Waals surface area contributed by atoms with Crippen LogP contribution in [0, 0.1) is 0 Å². The van der Waals surface area contributed by atoms with Crippen LogP contribution in [0.1, 0.15) is 11.1 Å². The van der Waals surface area contributed by atoms with Crippen LogP contribution in [-0.2, 0) is 0 Å². The highest BCUT2D eigenvalue weighted by Crippen LogP contribution is 2.37. The number of fused-ring (bicyclic) bond motifs is 6. The third-order valence-corrected chi connectivity index (χ3v) is 7.89. The lowest BCUT2D eigenvalue weighted by atomic mass is 9.94. The summed E-state index contributed by atoms with van der Waals surface area (Å²) in [4.78, 5) is 22.6. The number of rotatable bonds is 4. The Morgan fingerprint density at radius 3 is 1.71 bits per heavy atom. The van der Waals surface area contributed by atoms with Gasteiger partial charge in [-0.3, -0.25) is 24.9 Å². The van der Waals surface area contributed by atoms with Crippen LogP contribution < -0.4 is 5.32 Å². The van der Waals surface area contributed by atoms with Gasteiger partial charge in [0.05, 0.1) is 16.7 Å². The van der Waals surface area contributed by atoms with Gasteiger partial charge in [-0.25, -0.2) is 0 Å². The molecule has 42 heavy (non-hydrogen) atoms. The number of benzene rings is 3. The molecule has 8 rings (SSSR count). The summed E-state index contributed by atoms with van der Waals surface area (Å²) in [5.74, 6) is 0. The molecular weight excluding hydrogens is 516 g/mol. The lowest BCUT2D eigenvalue weighted by molar-refractivity contribution is 1.01. The molecule has 0 saturated carbocycles. The van der Waals surface area contributed by atoms with Crippen LogP contribution in [0.15, 0.2) is 128 Å². The summed E-state index contributed by atoms with van der Waals surface area (Å²) in [5, 5.41) is 8.04. The third-order valence-electron chi connectivity index (χ3n) is 7.89. The maximum atomic E-state index is 4.82. The molecule has 1 N–H and O–H groups in total. The molecule has 1 aliphatic heterocycles. The van der Waals surface area contributed by atoms with E-state index in [2.05, 4.69) is 76.0 Å². The highest BCUT2D eigenvalue weighted by atomic mass is 14.9. The Hall–Kier alpha value is -5.75. The Kier molecular flexibility index (Phi) is 5.74. The molecule has 0 atom stereocenters. The van der Waals surface area contributed by atoms with E-state index in [0.29, 0.717) is 0 Å². The molecule has 3 aromatic carbocycles. The highest BCUT2D eigenvalue weighted by Gasteiger charge is 2.15. The number of pyridine rings is 3. The van der Waals surface area contributed by atoms with Gasteiger partial charge in [0.25, 0.3) is 0 Å². The number of nitrogens with zero attached hydrogens (tertiary/aromatic N) is 5. The van der Waals surface area contributed by atoms with E-state index in [9.17, 15) is 0 Å². The molecule has 0 saturated heterocycles. The van der Waals surface area contributed by atoms with Gasteiger partial charge in [-0.15, -0.1) is 0 Å². The molecule has 6 heteroatoms. The van der Waals surface area contributed by atoms with Crippen molar-refractivity contribution < 1.29 is 0 Å². The molecule has 7 aromatic rings. The Bertz CT molecular complexity index is 2170. The topological polar surface area (TPSA) is 76.5 Å². The van der Waals surface area contributed by atoms with Gasteiger partial charge in [0, 0.05) is 77.5 Å². The van der Waals surface area contributed by atoms with Crippen molar-refractivity contribution >= 4 is 43.8 Å². The number of dihydropyridines is 1. The Morgan fingerprint density at radius 2 is 1.10 bits per heavy atom. The van der Waals surface area contributed by atoms with E-state index in [1.54, 1.807) is 24.8 Å². The first-order chi connectivity index (χ1) is 20.8. The molecule has 0 aliphatic carbocycles. The van der Waals surface area contributed by atoms with Crippen LogP contribution in [0.25, 0.3) is 66.2 Å². The van der Waals surface area contributed by atoms with E-state index >= 15 is 0 Å². The van der Waals surface area contributed by atoms with E-state index in [4.69, 9.17) is 15.0 Å². The highest BCUT2D eigenvalue weighted by molar-refractivity contribution is 6.23.